The third-order valence-corrected chi connectivity index (χ3v) is 3.41. The van der Waals surface area contributed by atoms with Crippen molar-refractivity contribution >= 4 is 11.8 Å². The Morgan fingerprint density at radius 3 is 2.58 bits per heavy atom. The highest BCUT2D eigenvalue weighted by Crippen LogP contribution is 2.42. The van der Waals surface area contributed by atoms with Crippen LogP contribution in [-0.2, 0) is 28.8 Å². The number of hydrogen-bond donors (Lipinski definition) is 0. The first kappa shape index (κ1) is 12.5. The molecule has 0 bridgehead atoms. The molecule has 0 aromatic carbocycles. The smallest absolute Gasteiger partial charge is 0.308 e. The van der Waals surface area contributed by atoms with Gasteiger partial charge in [0, 0.05) is 5.41 Å². The number of esters is 1. The number of fused-ring (bicyclic) bond motifs is 1. The van der Waals surface area contributed by atoms with E-state index in [0.29, 0.717) is 0 Å². The molecule has 1 aliphatic carbocycles. The second kappa shape index (κ2) is 4.00. The van der Waals surface area contributed by atoms with Gasteiger partial charge in [0.15, 0.2) is 11.9 Å². The number of ketones is 1. The molecule has 0 N–H and O–H groups in total. The predicted octanol–water partition coefficient (Wildman–Crippen LogP) is 1.02. The second-order valence-corrected chi connectivity index (χ2v) is 5.53. The fraction of sp³-hybridized carbons (Fsp3) is 0.538. The van der Waals surface area contributed by atoms with Crippen molar-refractivity contribution in [2.24, 2.45) is 5.41 Å². The number of allylic oxidation sites excluding steroid dienone is 2. The van der Waals surface area contributed by atoms with Crippen LogP contribution < -0.4 is 0 Å². The lowest BCUT2D eigenvalue weighted by Gasteiger charge is -2.47. The van der Waals surface area contributed by atoms with Gasteiger partial charge in [-0.3, -0.25) is 14.3 Å². The van der Waals surface area contributed by atoms with Gasteiger partial charge >= 0.3 is 5.97 Å². The number of carbonyl (C=O) groups is 2. The summed E-state index contributed by atoms with van der Waals surface area (Å²) >= 11 is 0. The van der Waals surface area contributed by atoms with Crippen molar-refractivity contribution in [3.63, 3.8) is 0 Å². The van der Waals surface area contributed by atoms with Gasteiger partial charge in [-0.2, -0.15) is 4.89 Å². The lowest BCUT2D eigenvalue weighted by molar-refractivity contribution is -0.511. The van der Waals surface area contributed by atoms with E-state index in [1.54, 1.807) is 0 Å². The standard InChI is InChI=1S/C13H14O6/c1-12(2)7-9(15)16-11-10(12)18-19-13(17-11)5-3-8(14)4-6-13/h3-6,10-11H,7H2,1-2H3/t10-,11?/m0/s1. The predicted molar refractivity (Wildman–Crippen MR) is 61.3 cm³/mol. The Morgan fingerprint density at radius 2 is 1.89 bits per heavy atom. The zero-order valence-corrected chi connectivity index (χ0v) is 10.6. The van der Waals surface area contributed by atoms with Gasteiger partial charge in [-0.05, 0) is 24.3 Å². The van der Waals surface area contributed by atoms with Gasteiger partial charge in [-0.1, -0.05) is 13.8 Å². The molecule has 1 unspecified atom stereocenters. The van der Waals surface area contributed by atoms with Crippen LogP contribution >= 0.6 is 0 Å². The van der Waals surface area contributed by atoms with Gasteiger partial charge < -0.3 is 4.74 Å². The molecule has 2 atom stereocenters. The van der Waals surface area contributed by atoms with Gasteiger partial charge in [-0.25, -0.2) is 4.89 Å². The van der Waals surface area contributed by atoms with E-state index in [2.05, 4.69) is 0 Å². The van der Waals surface area contributed by atoms with Gasteiger partial charge in [-0.15, -0.1) is 0 Å². The fourth-order valence-corrected chi connectivity index (χ4v) is 2.31. The second-order valence-electron chi connectivity index (χ2n) is 5.53. The summed E-state index contributed by atoms with van der Waals surface area (Å²) in [4.78, 5) is 33.3. The highest BCUT2D eigenvalue weighted by molar-refractivity contribution is 6.00. The summed E-state index contributed by atoms with van der Waals surface area (Å²) in [5.41, 5.74) is -0.445. The summed E-state index contributed by atoms with van der Waals surface area (Å²) in [6, 6.07) is 0. The van der Waals surface area contributed by atoms with Crippen LogP contribution in [0.2, 0.25) is 0 Å². The lowest BCUT2D eigenvalue weighted by atomic mass is 9.81. The van der Waals surface area contributed by atoms with E-state index >= 15 is 0 Å². The molecule has 1 spiro atoms. The van der Waals surface area contributed by atoms with E-state index in [-0.39, 0.29) is 18.2 Å². The van der Waals surface area contributed by atoms with E-state index < -0.39 is 23.6 Å². The van der Waals surface area contributed by atoms with Crippen molar-refractivity contribution in [3.05, 3.63) is 24.3 Å². The Morgan fingerprint density at radius 1 is 1.21 bits per heavy atom. The third-order valence-electron chi connectivity index (χ3n) is 3.41. The maximum absolute atomic E-state index is 11.6. The fourth-order valence-electron chi connectivity index (χ4n) is 2.31. The van der Waals surface area contributed by atoms with Crippen LogP contribution in [0.25, 0.3) is 0 Å². The Balaban J connectivity index is 1.84. The summed E-state index contributed by atoms with van der Waals surface area (Å²) in [6.45, 7) is 3.76. The highest BCUT2D eigenvalue weighted by atomic mass is 17.3. The van der Waals surface area contributed by atoms with Crippen LogP contribution in [0.3, 0.4) is 0 Å². The Bertz CT molecular complexity index is 473. The Hall–Kier alpha value is -1.50. The van der Waals surface area contributed by atoms with Crippen molar-refractivity contribution < 1.29 is 28.8 Å². The molecule has 2 aliphatic heterocycles. The first-order chi connectivity index (χ1) is 8.90. The minimum Gasteiger partial charge on any atom is -0.433 e. The van der Waals surface area contributed by atoms with Gasteiger partial charge in [0.05, 0.1) is 6.42 Å². The molecule has 2 fully saturated rings. The SMILES string of the molecule is CC1(C)CC(=O)OC2OC3(C=CC(=O)C=C3)OO[C@@H]21. The number of hydrogen-bond acceptors (Lipinski definition) is 6. The van der Waals surface area contributed by atoms with Gasteiger partial charge in [0.2, 0.25) is 12.1 Å². The maximum atomic E-state index is 11.6. The molecule has 2 heterocycles. The molecule has 2 saturated heterocycles. The maximum Gasteiger partial charge on any atom is 0.308 e. The Kier molecular flexibility index (Phi) is 2.63. The summed E-state index contributed by atoms with van der Waals surface area (Å²) in [5, 5.41) is 0. The molecule has 0 radical (unpaired) electrons. The van der Waals surface area contributed by atoms with E-state index in [4.69, 9.17) is 19.2 Å². The molecular formula is C13H14O6. The van der Waals surface area contributed by atoms with Crippen LogP contribution in [0.4, 0.5) is 0 Å². The van der Waals surface area contributed by atoms with Crippen molar-refractivity contribution in [1.82, 2.24) is 0 Å². The lowest BCUT2D eigenvalue weighted by Crippen LogP contribution is -2.58. The molecule has 102 valence electrons. The van der Waals surface area contributed by atoms with Crippen LogP contribution in [0.15, 0.2) is 24.3 Å². The topological polar surface area (TPSA) is 71.1 Å². The first-order valence-corrected chi connectivity index (χ1v) is 6.04. The van der Waals surface area contributed by atoms with Crippen LogP contribution in [-0.4, -0.2) is 29.9 Å². The summed E-state index contributed by atoms with van der Waals surface area (Å²) in [6.07, 6.45) is 4.38. The molecule has 6 heteroatoms. The molecule has 0 saturated carbocycles. The van der Waals surface area contributed by atoms with E-state index in [0.717, 1.165) is 0 Å². The van der Waals surface area contributed by atoms with E-state index in [1.165, 1.54) is 24.3 Å². The number of ether oxygens (including phenoxy) is 2. The molecule has 0 amide bonds. The Labute approximate surface area is 109 Å². The van der Waals surface area contributed by atoms with E-state index in [9.17, 15) is 9.59 Å². The quantitative estimate of drug-likeness (QED) is 0.481. The minimum absolute atomic E-state index is 0.166. The third kappa shape index (κ3) is 2.11. The zero-order valence-electron chi connectivity index (χ0n) is 10.6. The van der Waals surface area contributed by atoms with Crippen LogP contribution in [0.5, 0.6) is 0 Å². The molecule has 0 aromatic rings. The first-order valence-electron chi connectivity index (χ1n) is 6.04. The molecule has 6 nitrogen and oxygen atoms in total. The number of carbonyl (C=O) groups excluding carboxylic acids is 2. The largest absolute Gasteiger partial charge is 0.433 e. The molecular weight excluding hydrogens is 252 g/mol. The normalized spacial score (nSPS) is 35.1. The van der Waals surface area contributed by atoms with E-state index in [1.807, 2.05) is 13.8 Å². The van der Waals surface area contributed by atoms with Crippen molar-refractivity contribution in [2.75, 3.05) is 0 Å². The van der Waals surface area contributed by atoms with Crippen molar-refractivity contribution in [2.45, 2.75) is 38.4 Å². The van der Waals surface area contributed by atoms with Gasteiger partial charge in [0.1, 0.15) is 0 Å². The van der Waals surface area contributed by atoms with Gasteiger partial charge in [0.25, 0.3) is 0 Å². The molecule has 3 aliphatic rings. The molecule has 0 aromatic heterocycles. The van der Waals surface area contributed by atoms with Crippen LogP contribution in [0, 0.1) is 5.41 Å². The summed E-state index contributed by atoms with van der Waals surface area (Å²) < 4.78 is 10.8. The number of rotatable bonds is 0. The van der Waals surface area contributed by atoms with Crippen molar-refractivity contribution in [3.8, 4) is 0 Å². The molecule has 3 rings (SSSR count). The summed E-state index contributed by atoms with van der Waals surface area (Å²) in [5.74, 6) is -1.81. The molecule has 19 heavy (non-hydrogen) atoms. The van der Waals surface area contributed by atoms with Crippen LogP contribution in [0.1, 0.15) is 20.3 Å². The monoisotopic (exact) mass is 266 g/mol. The highest BCUT2D eigenvalue weighted by Gasteiger charge is 2.54. The van der Waals surface area contributed by atoms with Crippen molar-refractivity contribution in [1.29, 1.82) is 0 Å². The average Bonchev–Trinajstić information content (AvgIpc) is 2.31. The average molecular weight is 266 g/mol. The zero-order chi connectivity index (χ0) is 13.7. The summed E-state index contributed by atoms with van der Waals surface area (Å²) in [7, 11) is 0. The minimum atomic E-state index is -1.30.